The minimum absolute atomic E-state index is 0.0603. The Morgan fingerprint density at radius 1 is 1.08 bits per heavy atom. The molecule has 0 aliphatic carbocycles. The van der Waals surface area contributed by atoms with E-state index in [4.69, 9.17) is 10.7 Å². The summed E-state index contributed by atoms with van der Waals surface area (Å²) in [5.41, 5.74) is 9.34. The van der Waals surface area contributed by atoms with E-state index in [0.29, 0.717) is 49.2 Å². The first-order chi connectivity index (χ1) is 18.1. The summed E-state index contributed by atoms with van der Waals surface area (Å²) in [5.74, 6) is -0.0124. The van der Waals surface area contributed by atoms with E-state index in [-0.39, 0.29) is 5.91 Å². The van der Waals surface area contributed by atoms with E-state index >= 15 is 0 Å². The highest BCUT2D eigenvalue weighted by molar-refractivity contribution is 6.03. The van der Waals surface area contributed by atoms with E-state index in [1.54, 1.807) is 36.9 Å². The number of hydrogen-bond acceptors (Lipinski definition) is 5. The lowest BCUT2D eigenvalue weighted by molar-refractivity contribution is -0.121. The Bertz CT molecular complexity index is 1420. The van der Waals surface area contributed by atoms with Gasteiger partial charge >= 0.3 is 0 Å². The number of aromatic nitrogens is 4. The average Bonchev–Trinajstić information content (AvgIpc) is 3.49. The Labute approximate surface area is 222 Å². The number of primary amides is 1. The van der Waals surface area contributed by atoms with Crippen LogP contribution < -0.4 is 11.1 Å². The second-order valence-electron chi connectivity index (χ2n) is 10.0. The highest BCUT2D eigenvalue weighted by Gasteiger charge is 2.22. The predicted molar refractivity (Wildman–Crippen MR) is 147 cm³/mol. The fraction of sp³-hybridized carbons (Fsp3) is 0.310. The molecule has 0 aliphatic heterocycles. The lowest BCUT2D eigenvalue weighted by Crippen LogP contribution is -2.30. The zero-order valence-electron chi connectivity index (χ0n) is 22.0. The Morgan fingerprint density at radius 3 is 2.50 bits per heavy atom. The number of hydrogen-bond donors (Lipinski definition) is 3. The summed E-state index contributed by atoms with van der Waals surface area (Å²) in [6, 6.07) is 15.2. The summed E-state index contributed by atoms with van der Waals surface area (Å²) >= 11 is 0. The minimum atomic E-state index is -0.816. The molecule has 0 bridgehead atoms. The molecule has 2 aromatic heterocycles. The molecule has 0 aliphatic rings. The highest BCUT2D eigenvalue weighted by atomic mass is 16.3. The number of benzene rings is 2. The molecular weight excluding hydrogens is 480 g/mol. The third kappa shape index (κ3) is 6.54. The number of carbonyl (C=O) groups excluding carboxylic acids is 2. The van der Waals surface area contributed by atoms with Gasteiger partial charge in [-0.05, 0) is 56.9 Å². The maximum Gasteiger partial charge on any atom is 0.249 e. The molecule has 2 aromatic carbocycles. The van der Waals surface area contributed by atoms with Crippen LogP contribution in [0.2, 0.25) is 0 Å². The second-order valence-corrected chi connectivity index (χ2v) is 10.0. The smallest absolute Gasteiger partial charge is 0.249 e. The molecule has 4 aromatic rings. The highest BCUT2D eigenvalue weighted by Crippen LogP contribution is 2.36. The molecule has 38 heavy (non-hydrogen) atoms. The third-order valence-corrected chi connectivity index (χ3v) is 6.26. The lowest BCUT2D eigenvalue weighted by atomic mass is 9.96. The number of nitrogens with one attached hydrogen (secondary N) is 1. The fourth-order valence-corrected chi connectivity index (χ4v) is 4.34. The van der Waals surface area contributed by atoms with E-state index in [2.05, 4.69) is 10.4 Å². The zero-order chi connectivity index (χ0) is 27.3. The zero-order valence-corrected chi connectivity index (χ0v) is 22.0. The number of nitrogens with two attached hydrogens (primary N) is 1. The van der Waals surface area contributed by atoms with Crippen LogP contribution in [-0.4, -0.2) is 48.4 Å². The maximum absolute atomic E-state index is 12.5. The van der Waals surface area contributed by atoms with Crippen molar-refractivity contribution in [3.8, 4) is 28.2 Å². The van der Waals surface area contributed by atoms with E-state index in [9.17, 15) is 14.7 Å². The topological polar surface area (TPSA) is 128 Å². The lowest BCUT2D eigenvalue weighted by Gasteiger charge is -2.16. The molecule has 0 radical (unpaired) electrons. The molecule has 0 saturated carbocycles. The third-order valence-electron chi connectivity index (χ3n) is 6.26. The van der Waals surface area contributed by atoms with Crippen LogP contribution in [-0.2, 0) is 18.3 Å². The largest absolute Gasteiger partial charge is 0.390 e. The molecule has 2 amide bonds. The van der Waals surface area contributed by atoms with Gasteiger partial charge in [-0.2, -0.15) is 5.10 Å². The van der Waals surface area contributed by atoms with Crippen LogP contribution >= 0.6 is 0 Å². The molecule has 198 valence electrons. The van der Waals surface area contributed by atoms with Crippen molar-refractivity contribution in [2.75, 3.05) is 6.54 Å². The Kier molecular flexibility index (Phi) is 8.07. The standard InChI is InChI=1S/C29H34N6O3/c1-29(2,38)15-16-31-25(36)14-7-9-21-19-35(22-10-5-4-6-11-22)28(33-21)26-23(20-17-32-34(3)18-20)12-8-13-24(26)27(30)37/h4-6,8,10-13,17-19,38H,7,9,14-16H2,1-3H3,(H2,30,37)(H,31,36). The van der Waals surface area contributed by atoms with Gasteiger partial charge in [0.05, 0.1) is 23.1 Å². The molecule has 0 saturated heterocycles. The van der Waals surface area contributed by atoms with Gasteiger partial charge in [0.2, 0.25) is 11.8 Å². The molecule has 0 unspecified atom stereocenters. The van der Waals surface area contributed by atoms with Gasteiger partial charge in [-0.3, -0.25) is 18.8 Å². The van der Waals surface area contributed by atoms with Gasteiger partial charge in [0.25, 0.3) is 0 Å². The number of nitrogens with zero attached hydrogens (tertiary/aromatic N) is 4. The summed E-state index contributed by atoms with van der Waals surface area (Å²) in [4.78, 5) is 29.8. The van der Waals surface area contributed by atoms with Crippen LogP contribution in [0, 0.1) is 0 Å². The van der Waals surface area contributed by atoms with Crippen molar-refractivity contribution in [2.45, 2.75) is 45.1 Å². The van der Waals surface area contributed by atoms with Gasteiger partial charge in [0.1, 0.15) is 5.82 Å². The summed E-state index contributed by atoms with van der Waals surface area (Å²) in [5, 5.41) is 17.0. The van der Waals surface area contributed by atoms with E-state index < -0.39 is 11.5 Å². The second kappa shape index (κ2) is 11.4. The van der Waals surface area contributed by atoms with Crippen molar-refractivity contribution < 1.29 is 14.7 Å². The van der Waals surface area contributed by atoms with Crippen LogP contribution in [0.4, 0.5) is 0 Å². The Hall–Kier alpha value is -4.24. The molecule has 9 nitrogen and oxygen atoms in total. The molecule has 0 atom stereocenters. The van der Waals surface area contributed by atoms with Crippen LogP contribution in [0.15, 0.2) is 67.1 Å². The van der Waals surface area contributed by atoms with Crippen LogP contribution in [0.3, 0.4) is 0 Å². The van der Waals surface area contributed by atoms with Crippen molar-refractivity contribution in [3.05, 3.63) is 78.4 Å². The monoisotopic (exact) mass is 514 g/mol. The number of aliphatic hydroxyl groups is 1. The molecule has 0 fully saturated rings. The summed E-state index contributed by atoms with van der Waals surface area (Å²) in [6.45, 7) is 3.86. The SMILES string of the molecule is Cn1cc(-c2cccc(C(N)=O)c2-c2nc(CCCC(=O)NCCC(C)(C)O)cn2-c2ccccc2)cn1. The Balaban J connectivity index is 1.67. The first-order valence-electron chi connectivity index (χ1n) is 12.7. The van der Waals surface area contributed by atoms with Crippen LogP contribution in [0.1, 0.15) is 49.2 Å². The molecule has 2 heterocycles. The molecule has 4 rings (SSSR count). The van der Waals surface area contributed by atoms with E-state index in [1.165, 1.54) is 0 Å². The normalized spacial score (nSPS) is 11.5. The number of amides is 2. The predicted octanol–water partition coefficient (Wildman–Crippen LogP) is 3.64. The number of carbonyl (C=O) groups is 2. The number of imidazole rings is 1. The average molecular weight is 515 g/mol. The van der Waals surface area contributed by atoms with Crippen molar-refractivity contribution in [3.63, 3.8) is 0 Å². The summed E-state index contributed by atoms with van der Waals surface area (Å²) in [7, 11) is 1.84. The van der Waals surface area contributed by atoms with E-state index in [0.717, 1.165) is 22.5 Å². The van der Waals surface area contributed by atoms with Gasteiger partial charge in [0, 0.05) is 49.2 Å². The summed E-state index contributed by atoms with van der Waals surface area (Å²) in [6.07, 6.45) is 7.59. The number of rotatable bonds is 11. The van der Waals surface area contributed by atoms with Crippen LogP contribution in [0.25, 0.3) is 28.2 Å². The first-order valence-corrected chi connectivity index (χ1v) is 12.7. The first kappa shape index (κ1) is 26.8. The molecule has 9 heteroatoms. The van der Waals surface area contributed by atoms with Gasteiger partial charge in [-0.15, -0.1) is 0 Å². The minimum Gasteiger partial charge on any atom is -0.390 e. The molecule has 0 spiro atoms. The fourth-order valence-electron chi connectivity index (χ4n) is 4.34. The van der Waals surface area contributed by atoms with Crippen molar-refractivity contribution in [1.82, 2.24) is 24.6 Å². The van der Waals surface area contributed by atoms with Crippen molar-refractivity contribution >= 4 is 11.8 Å². The van der Waals surface area contributed by atoms with Gasteiger partial charge in [-0.1, -0.05) is 30.3 Å². The number of para-hydroxylation sites is 1. The van der Waals surface area contributed by atoms with Gasteiger partial charge in [0.15, 0.2) is 0 Å². The van der Waals surface area contributed by atoms with Crippen molar-refractivity contribution in [1.29, 1.82) is 0 Å². The Morgan fingerprint density at radius 2 is 1.84 bits per heavy atom. The van der Waals surface area contributed by atoms with Crippen molar-refractivity contribution in [2.24, 2.45) is 12.8 Å². The number of aryl methyl sites for hydroxylation is 2. The van der Waals surface area contributed by atoms with Gasteiger partial charge < -0.3 is 16.2 Å². The van der Waals surface area contributed by atoms with E-state index in [1.807, 2.05) is 60.4 Å². The molecule has 4 N–H and O–H groups in total. The van der Waals surface area contributed by atoms with Crippen LogP contribution in [0.5, 0.6) is 0 Å². The summed E-state index contributed by atoms with van der Waals surface area (Å²) < 4.78 is 3.66. The molecular formula is C29H34N6O3. The quantitative estimate of drug-likeness (QED) is 0.282. The van der Waals surface area contributed by atoms with Gasteiger partial charge in [-0.25, -0.2) is 4.98 Å². The maximum atomic E-state index is 12.5.